The van der Waals surface area contributed by atoms with Crippen molar-refractivity contribution in [3.05, 3.63) is 53.1 Å². The van der Waals surface area contributed by atoms with Gasteiger partial charge in [-0.2, -0.15) is 0 Å². The van der Waals surface area contributed by atoms with E-state index in [1.807, 2.05) is 18.2 Å². The second-order valence-corrected chi connectivity index (χ2v) is 7.29. The van der Waals surface area contributed by atoms with Gasteiger partial charge in [0.05, 0.1) is 4.90 Å². The van der Waals surface area contributed by atoms with Gasteiger partial charge in [0.2, 0.25) is 10.0 Å². The Hall–Kier alpha value is -1.76. The molecule has 2 aromatic carbocycles. The fraction of sp³-hybridized carbons (Fsp3) is 0.250. The summed E-state index contributed by atoms with van der Waals surface area (Å²) in [7, 11) is -3.59. The minimum atomic E-state index is -3.59. The van der Waals surface area contributed by atoms with Crippen LogP contribution >= 0.6 is 11.6 Å². The van der Waals surface area contributed by atoms with Crippen molar-refractivity contribution >= 4 is 21.6 Å². The zero-order valence-corrected chi connectivity index (χ0v) is 13.9. The lowest BCUT2D eigenvalue weighted by molar-refractivity contribution is 0.171. The SMILES string of the molecule is O=S(=O)(NCCc1cccc(Cl)c1)c1ccc2c(c1)OCCO2. The van der Waals surface area contributed by atoms with E-state index in [0.29, 0.717) is 36.2 Å². The van der Waals surface area contributed by atoms with E-state index in [2.05, 4.69) is 4.72 Å². The average Bonchev–Trinajstić information content (AvgIpc) is 2.54. The quantitative estimate of drug-likeness (QED) is 0.897. The lowest BCUT2D eigenvalue weighted by atomic mass is 10.2. The lowest BCUT2D eigenvalue weighted by Gasteiger charge is -2.18. The van der Waals surface area contributed by atoms with Gasteiger partial charge in [0.25, 0.3) is 0 Å². The van der Waals surface area contributed by atoms with Gasteiger partial charge < -0.3 is 9.47 Å². The standard InChI is InChI=1S/C16H16ClNO4S/c17-13-3-1-2-12(10-13)6-7-18-23(19,20)14-4-5-15-16(11-14)22-9-8-21-15/h1-5,10-11,18H,6-9H2. The van der Waals surface area contributed by atoms with E-state index >= 15 is 0 Å². The van der Waals surface area contributed by atoms with Crippen molar-refractivity contribution in [3.63, 3.8) is 0 Å². The van der Waals surface area contributed by atoms with Crippen molar-refractivity contribution in [2.45, 2.75) is 11.3 Å². The van der Waals surface area contributed by atoms with Crippen LogP contribution in [-0.4, -0.2) is 28.2 Å². The number of halogens is 1. The van der Waals surface area contributed by atoms with Gasteiger partial charge in [0, 0.05) is 17.6 Å². The van der Waals surface area contributed by atoms with Gasteiger partial charge in [0.15, 0.2) is 11.5 Å². The van der Waals surface area contributed by atoms with E-state index < -0.39 is 10.0 Å². The highest BCUT2D eigenvalue weighted by molar-refractivity contribution is 7.89. The summed E-state index contributed by atoms with van der Waals surface area (Å²) in [4.78, 5) is 0.160. The van der Waals surface area contributed by atoms with Crippen molar-refractivity contribution < 1.29 is 17.9 Å². The molecule has 0 bridgehead atoms. The maximum atomic E-state index is 12.3. The number of fused-ring (bicyclic) bond motifs is 1. The Balaban J connectivity index is 1.67. The van der Waals surface area contributed by atoms with Gasteiger partial charge >= 0.3 is 0 Å². The highest BCUT2D eigenvalue weighted by Crippen LogP contribution is 2.32. The normalized spacial score (nSPS) is 13.8. The Morgan fingerprint density at radius 3 is 2.61 bits per heavy atom. The summed E-state index contributed by atoms with van der Waals surface area (Å²) in [5.74, 6) is 1.02. The summed E-state index contributed by atoms with van der Waals surface area (Å²) < 4.78 is 38.1. The Labute approximate surface area is 140 Å². The van der Waals surface area contributed by atoms with Crippen LogP contribution in [0.2, 0.25) is 5.02 Å². The van der Waals surface area contributed by atoms with Crippen LogP contribution in [0.4, 0.5) is 0 Å². The van der Waals surface area contributed by atoms with Gasteiger partial charge in [-0.1, -0.05) is 23.7 Å². The van der Waals surface area contributed by atoms with Crippen LogP contribution in [0.15, 0.2) is 47.4 Å². The minimum absolute atomic E-state index is 0.160. The molecule has 1 heterocycles. The maximum absolute atomic E-state index is 12.3. The molecule has 0 atom stereocenters. The molecule has 0 amide bonds. The fourth-order valence-electron chi connectivity index (χ4n) is 2.30. The molecule has 0 aliphatic carbocycles. The van der Waals surface area contributed by atoms with E-state index in [1.54, 1.807) is 12.1 Å². The number of sulfonamides is 1. The second-order valence-electron chi connectivity index (χ2n) is 5.08. The molecule has 0 spiro atoms. The third-order valence-electron chi connectivity index (χ3n) is 3.42. The van der Waals surface area contributed by atoms with Crippen LogP contribution in [0.3, 0.4) is 0 Å². The molecule has 2 aromatic rings. The molecule has 0 radical (unpaired) electrons. The van der Waals surface area contributed by atoms with E-state index in [4.69, 9.17) is 21.1 Å². The Morgan fingerprint density at radius 2 is 1.83 bits per heavy atom. The predicted octanol–water partition coefficient (Wildman–Crippen LogP) is 2.63. The number of ether oxygens (including phenoxy) is 2. The van der Waals surface area contributed by atoms with Gasteiger partial charge in [-0.25, -0.2) is 13.1 Å². The summed E-state index contributed by atoms with van der Waals surface area (Å²) in [6, 6.07) is 12.0. The van der Waals surface area contributed by atoms with Crippen molar-refractivity contribution in [2.75, 3.05) is 19.8 Å². The Kier molecular flexibility index (Phi) is 4.75. The van der Waals surface area contributed by atoms with Crippen LogP contribution in [0.5, 0.6) is 11.5 Å². The summed E-state index contributed by atoms with van der Waals surface area (Å²) in [5.41, 5.74) is 0.974. The molecule has 23 heavy (non-hydrogen) atoms. The predicted molar refractivity (Wildman–Crippen MR) is 87.8 cm³/mol. The van der Waals surface area contributed by atoms with E-state index in [9.17, 15) is 8.42 Å². The first-order valence-corrected chi connectivity index (χ1v) is 9.04. The van der Waals surface area contributed by atoms with Crippen molar-refractivity contribution in [1.29, 1.82) is 0 Å². The molecular weight excluding hydrogens is 338 g/mol. The zero-order chi connectivity index (χ0) is 16.3. The highest BCUT2D eigenvalue weighted by atomic mass is 35.5. The second kappa shape index (κ2) is 6.78. The molecule has 3 rings (SSSR count). The highest BCUT2D eigenvalue weighted by Gasteiger charge is 2.18. The maximum Gasteiger partial charge on any atom is 0.240 e. The number of hydrogen-bond donors (Lipinski definition) is 1. The summed E-state index contributed by atoms with van der Waals surface area (Å²) in [6.07, 6.45) is 0.560. The lowest BCUT2D eigenvalue weighted by Crippen LogP contribution is -2.26. The molecule has 5 nitrogen and oxygen atoms in total. The van der Waals surface area contributed by atoms with Crippen LogP contribution in [0.25, 0.3) is 0 Å². The smallest absolute Gasteiger partial charge is 0.240 e. The number of benzene rings is 2. The fourth-order valence-corrected chi connectivity index (χ4v) is 3.56. The monoisotopic (exact) mass is 353 g/mol. The van der Waals surface area contributed by atoms with E-state index in [0.717, 1.165) is 5.56 Å². The zero-order valence-electron chi connectivity index (χ0n) is 12.3. The minimum Gasteiger partial charge on any atom is -0.486 e. The molecule has 0 fully saturated rings. The van der Waals surface area contributed by atoms with Crippen LogP contribution in [-0.2, 0) is 16.4 Å². The molecular formula is C16H16ClNO4S. The first-order valence-electron chi connectivity index (χ1n) is 7.18. The molecule has 7 heteroatoms. The summed E-state index contributed by atoms with van der Waals surface area (Å²) in [6.45, 7) is 1.17. The molecule has 0 saturated heterocycles. The number of rotatable bonds is 5. The molecule has 0 unspecified atom stereocenters. The van der Waals surface area contributed by atoms with Crippen molar-refractivity contribution in [3.8, 4) is 11.5 Å². The van der Waals surface area contributed by atoms with Crippen molar-refractivity contribution in [2.24, 2.45) is 0 Å². The first-order chi connectivity index (χ1) is 11.0. The van der Waals surface area contributed by atoms with Gasteiger partial charge in [0.1, 0.15) is 13.2 Å². The Bertz CT molecular complexity index is 807. The van der Waals surface area contributed by atoms with Gasteiger partial charge in [-0.3, -0.25) is 0 Å². The van der Waals surface area contributed by atoms with Crippen LogP contribution in [0.1, 0.15) is 5.56 Å². The average molecular weight is 354 g/mol. The molecule has 1 N–H and O–H groups in total. The number of hydrogen-bond acceptors (Lipinski definition) is 4. The molecule has 1 aliphatic rings. The topological polar surface area (TPSA) is 64.6 Å². The molecule has 0 aromatic heterocycles. The Morgan fingerprint density at radius 1 is 1.04 bits per heavy atom. The summed E-state index contributed by atoms with van der Waals surface area (Å²) in [5, 5.41) is 0.636. The van der Waals surface area contributed by atoms with Gasteiger partial charge in [-0.15, -0.1) is 0 Å². The first kappa shape index (κ1) is 16.1. The largest absolute Gasteiger partial charge is 0.486 e. The van der Waals surface area contributed by atoms with E-state index in [-0.39, 0.29) is 11.4 Å². The third-order valence-corrected chi connectivity index (χ3v) is 5.11. The van der Waals surface area contributed by atoms with Crippen LogP contribution < -0.4 is 14.2 Å². The van der Waals surface area contributed by atoms with Gasteiger partial charge in [-0.05, 0) is 36.2 Å². The van der Waals surface area contributed by atoms with Crippen molar-refractivity contribution in [1.82, 2.24) is 4.72 Å². The number of nitrogens with one attached hydrogen (secondary N) is 1. The summed E-state index contributed by atoms with van der Waals surface area (Å²) >= 11 is 5.91. The molecule has 1 aliphatic heterocycles. The molecule has 0 saturated carbocycles. The molecule has 122 valence electrons. The van der Waals surface area contributed by atoms with Crippen LogP contribution in [0, 0.1) is 0 Å². The third kappa shape index (κ3) is 3.96. The van der Waals surface area contributed by atoms with E-state index in [1.165, 1.54) is 12.1 Å².